The van der Waals surface area contributed by atoms with Crippen molar-refractivity contribution in [2.75, 3.05) is 11.5 Å². The monoisotopic (exact) mass is 180 g/mol. The Labute approximate surface area is 77.9 Å². The van der Waals surface area contributed by atoms with E-state index in [0.717, 1.165) is 17.9 Å². The van der Waals surface area contributed by atoms with Crippen LogP contribution in [0.4, 0.5) is 5.69 Å². The number of nitrogens with zero attached hydrogens (tertiary/aromatic N) is 1. The summed E-state index contributed by atoms with van der Waals surface area (Å²) < 4.78 is 0. The van der Waals surface area contributed by atoms with Gasteiger partial charge < -0.3 is 5.73 Å². The van der Waals surface area contributed by atoms with Crippen molar-refractivity contribution in [2.24, 2.45) is 0 Å². The highest BCUT2D eigenvalue weighted by molar-refractivity contribution is 7.80. The molecule has 64 valence electrons. The molecule has 2 N–H and O–H groups in total. The van der Waals surface area contributed by atoms with Gasteiger partial charge in [0.2, 0.25) is 0 Å². The summed E-state index contributed by atoms with van der Waals surface area (Å²) in [7, 11) is 0. The zero-order valence-electron chi connectivity index (χ0n) is 6.77. The Kier molecular flexibility index (Phi) is 3.67. The van der Waals surface area contributed by atoms with Crippen molar-refractivity contribution in [1.29, 1.82) is 0 Å². The molecule has 0 radical (unpaired) electrons. The number of rotatable bonds is 3. The average molecular weight is 180 g/mol. The number of nitrogen functional groups attached to an aromatic ring is 1. The van der Waals surface area contributed by atoms with Crippen molar-refractivity contribution < 1.29 is 0 Å². The fourth-order valence-corrected chi connectivity index (χ4v) is 0.943. The van der Waals surface area contributed by atoms with Gasteiger partial charge in [-0.15, -0.1) is 0 Å². The summed E-state index contributed by atoms with van der Waals surface area (Å²) in [4.78, 5) is 4.11. The van der Waals surface area contributed by atoms with Gasteiger partial charge in [-0.25, -0.2) is 0 Å². The minimum absolute atomic E-state index is 0.696. The fourth-order valence-electron chi connectivity index (χ4n) is 0.794. The van der Waals surface area contributed by atoms with E-state index in [9.17, 15) is 0 Å². The third kappa shape index (κ3) is 2.96. The van der Waals surface area contributed by atoms with E-state index in [4.69, 9.17) is 5.73 Å². The maximum Gasteiger partial charge on any atom is 0.0628 e. The molecule has 1 aromatic heterocycles. The molecule has 3 heteroatoms. The Balaban J connectivity index is 2.58. The quantitative estimate of drug-likeness (QED) is 0.698. The third-order valence-electron chi connectivity index (χ3n) is 1.39. The minimum atomic E-state index is 0.696. The molecule has 0 spiro atoms. The molecule has 0 saturated carbocycles. The summed E-state index contributed by atoms with van der Waals surface area (Å²) in [5.41, 5.74) is 7.11. The van der Waals surface area contributed by atoms with Gasteiger partial charge in [-0.3, -0.25) is 4.98 Å². The van der Waals surface area contributed by atoms with Crippen molar-refractivity contribution in [3.05, 3.63) is 30.1 Å². The van der Waals surface area contributed by atoms with Gasteiger partial charge in [0.15, 0.2) is 0 Å². The first kappa shape index (κ1) is 9.13. The molecule has 1 aromatic rings. The van der Waals surface area contributed by atoms with Crippen LogP contribution in [0.25, 0.3) is 6.08 Å². The van der Waals surface area contributed by atoms with E-state index in [1.807, 2.05) is 24.3 Å². The van der Waals surface area contributed by atoms with Gasteiger partial charge in [0.05, 0.1) is 17.6 Å². The Morgan fingerprint density at radius 2 is 2.33 bits per heavy atom. The Hall–Kier alpha value is -0.960. The first-order chi connectivity index (χ1) is 5.83. The third-order valence-corrected chi connectivity index (χ3v) is 1.65. The zero-order chi connectivity index (χ0) is 8.81. The molecule has 0 unspecified atom stereocenters. The summed E-state index contributed by atoms with van der Waals surface area (Å²) >= 11 is 4.09. The number of allylic oxidation sites excluding steroid dienone is 1. The van der Waals surface area contributed by atoms with Crippen LogP contribution in [0.15, 0.2) is 24.4 Å². The number of hydrogen-bond acceptors (Lipinski definition) is 3. The Morgan fingerprint density at radius 3 is 2.92 bits per heavy atom. The van der Waals surface area contributed by atoms with Gasteiger partial charge in [0.1, 0.15) is 0 Å². The lowest BCUT2D eigenvalue weighted by Gasteiger charge is -1.93. The number of anilines is 1. The second-order valence-corrected chi connectivity index (χ2v) is 2.88. The molecule has 0 aliphatic rings. The van der Waals surface area contributed by atoms with E-state index in [1.165, 1.54) is 0 Å². The normalized spacial score (nSPS) is 10.8. The zero-order valence-corrected chi connectivity index (χ0v) is 7.67. The van der Waals surface area contributed by atoms with E-state index in [2.05, 4.69) is 17.6 Å². The summed E-state index contributed by atoms with van der Waals surface area (Å²) in [5.74, 6) is 0.867. The van der Waals surface area contributed by atoms with Crippen LogP contribution in [0.3, 0.4) is 0 Å². The van der Waals surface area contributed by atoms with Gasteiger partial charge >= 0.3 is 0 Å². The molecule has 0 aliphatic carbocycles. The molecule has 2 nitrogen and oxygen atoms in total. The molecule has 0 amide bonds. The molecule has 0 aromatic carbocycles. The highest BCUT2D eigenvalue weighted by atomic mass is 32.1. The predicted octanol–water partition coefficient (Wildman–Crippen LogP) is 2.00. The molecule has 0 aliphatic heterocycles. The summed E-state index contributed by atoms with van der Waals surface area (Å²) in [6.07, 6.45) is 6.64. The Bertz CT molecular complexity index is 254. The lowest BCUT2D eigenvalue weighted by atomic mass is 10.3. The molecular weight excluding hydrogens is 168 g/mol. The van der Waals surface area contributed by atoms with Crippen molar-refractivity contribution in [3.63, 3.8) is 0 Å². The summed E-state index contributed by atoms with van der Waals surface area (Å²) in [6.45, 7) is 0. The molecule has 0 bridgehead atoms. The van der Waals surface area contributed by atoms with Crippen LogP contribution in [-0.4, -0.2) is 10.7 Å². The van der Waals surface area contributed by atoms with Gasteiger partial charge in [-0.1, -0.05) is 6.08 Å². The van der Waals surface area contributed by atoms with Crippen LogP contribution >= 0.6 is 12.6 Å². The van der Waals surface area contributed by atoms with Crippen LogP contribution in [0.1, 0.15) is 12.1 Å². The van der Waals surface area contributed by atoms with Gasteiger partial charge in [0.25, 0.3) is 0 Å². The van der Waals surface area contributed by atoms with Crippen LogP contribution in [0.5, 0.6) is 0 Å². The molecule has 0 saturated heterocycles. The largest absolute Gasteiger partial charge is 0.397 e. The van der Waals surface area contributed by atoms with E-state index in [-0.39, 0.29) is 0 Å². The first-order valence-corrected chi connectivity index (χ1v) is 4.45. The fraction of sp³-hybridized carbons (Fsp3) is 0.222. The lowest BCUT2D eigenvalue weighted by Crippen LogP contribution is -1.86. The smallest absolute Gasteiger partial charge is 0.0628 e. The van der Waals surface area contributed by atoms with Crippen molar-refractivity contribution >= 4 is 24.4 Å². The molecule has 0 fully saturated rings. The lowest BCUT2D eigenvalue weighted by molar-refractivity contribution is 1.25. The Morgan fingerprint density at radius 1 is 1.50 bits per heavy atom. The molecular formula is C9H12N2S. The molecule has 1 rings (SSSR count). The van der Waals surface area contributed by atoms with Crippen molar-refractivity contribution in [2.45, 2.75) is 6.42 Å². The standard InChI is InChI=1S/C9H12N2S/c10-8-4-5-9(11-7-8)3-1-2-6-12/h1,3-5,7,12H,2,6,10H2. The van der Waals surface area contributed by atoms with Crippen molar-refractivity contribution in [1.82, 2.24) is 4.98 Å². The van der Waals surface area contributed by atoms with E-state index in [0.29, 0.717) is 5.69 Å². The highest BCUT2D eigenvalue weighted by Crippen LogP contribution is 2.03. The number of pyridine rings is 1. The van der Waals surface area contributed by atoms with E-state index < -0.39 is 0 Å². The highest BCUT2D eigenvalue weighted by Gasteiger charge is 1.86. The maximum atomic E-state index is 5.48. The van der Waals surface area contributed by atoms with Gasteiger partial charge in [0, 0.05) is 0 Å². The van der Waals surface area contributed by atoms with Crippen LogP contribution in [0, 0.1) is 0 Å². The molecule has 12 heavy (non-hydrogen) atoms. The van der Waals surface area contributed by atoms with Crippen LogP contribution in [-0.2, 0) is 0 Å². The van der Waals surface area contributed by atoms with Gasteiger partial charge in [-0.05, 0) is 30.4 Å². The molecule has 1 heterocycles. The topological polar surface area (TPSA) is 38.9 Å². The number of thiol groups is 1. The summed E-state index contributed by atoms with van der Waals surface area (Å²) in [5, 5.41) is 0. The van der Waals surface area contributed by atoms with Crippen molar-refractivity contribution in [3.8, 4) is 0 Å². The first-order valence-electron chi connectivity index (χ1n) is 3.82. The summed E-state index contributed by atoms with van der Waals surface area (Å²) in [6, 6.07) is 3.73. The number of aromatic nitrogens is 1. The number of hydrogen-bond donors (Lipinski definition) is 2. The second kappa shape index (κ2) is 4.83. The minimum Gasteiger partial charge on any atom is -0.397 e. The van der Waals surface area contributed by atoms with E-state index in [1.54, 1.807) is 6.20 Å². The molecule has 0 atom stereocenters. The number of nitrogens with two attached hydrogens (primary N) is 1. The maximum absolute atomic E-state index is 5.48. The average Bonchev–Trinajstić information content (AvgIpc) is 2.09. The SMILES string of the molecule is Nc1ccc(C=CCCS)nc1. The second-order valence-electron chi connectivity index (χ2n) is 2.43. The van der Waals surface area contributed by atoms with E-state index >= 15 is 0 Å². The van der Waals surface area contributed by atoms with Crippen LogP contribution < -0.4 is 5.73 Å². The predicted molar refractivity (Wildman–Crippen MR) is 56.2 cm³/mol. The van der Waals surface area contributed by atoms with Gasteiger partial charge in [-0.2, -0.15) is 12.6 Å². The van der Waals surface area contributed by atoms with Crippen LogP contribution in [0.2, 0.25) is 0 Å².